The standard InChI is InChI=1S/C25H23F2N5O3/c26-18-7-5-17(6-8-18)23-19(16-33)24-25(35)31(13-14-32(24)28-23)15-22(34)30-11-9-29(10-12-30)21-4-2-1-3-20(21)27/h1-8,13-14,33H,9-12,15-16H2. The van der Waals surface area contributed by atoms with Crippen LogP contribution in [0, 0.1) is 11.6 Å². The van der Waals surface area contributed by atoms with E-state index in [-0.39, 0.29) is 23.8 Å². The summed E-state index contributed by atoms with van der Waals surface area (Å²) in [5, 5.41) is 14.4. The van der Waals surface area contributed by atoms with Gasteiger partial charge in [-0.1, -0.05) is 12.1 Å². The molecule has 0 bridgehead atoms. The maximum Gasteiger partial charge on any atom is 0.277 e. The molecule has 0 spiro atoms. The predicted octanol–water partition coefficient (Wildman–Crippen LogP) is 2.28. The van der Waals surface area contributed by atoms with Crippen LogP contribution in [0.5, 0.6) is 0 Å². The summed E-state index contributed by atoms with van der Waals surface area (Å²) in [5.41, 5.74) is 1.45. The molecular formula is C25H23F2N5O3. The van der Waals surface area contributed by atoms with E-state index in [2.05, 4.69) is 5.10 Å². The lowest BCUT2D eigenvalue weighted by Crippen LogP contribution is -2.50. The summed E-state index contributed by atoms with van der Waals surface area (Å²) in [7, 11) is 0. The van der Waals surface area contributed by atoms with Crippen LogP contribution >= 0.6 is 0 Å². The first-order valence-corrected chi connectivity index (χ1v) is 11.2. The van der Waals surface area contributed by atoms with E-state index in [0.29, 0.717) is 48.7 Å². The Bertz CT molecular complexity index is 1440. The quantitative estimate of drug-likeness (QED) is 0.475. The van der Waals surface area contributed by atoms with Gasteiger partial charge in [0.05, 0.1) is 18.0 Å². The number of fused-ring (bicyclic) bond motifs is 1. The molecule has 0 unspecified atom stereocenters. The number of hydrogen-bond donors (Lipinski definition) is 1. The van der Waals surface area contributed by atoms with Crippen LogP contribution in [0.2, 0.25) is 0 Å². The Hall–Kier alpha value is -4.05. The molecule has 35 heavy (non-hydrogen) atoms. The summed E-state index contributed by atoms with van der Waals surface area (Å²) in [6, 6.07) is 12.2. The van der Waals surface area contributed by atoms with E-state index >= 15 is 0 Å². The molecule has 10 heteroatoms. The van der Waals surface area contributed by atoms with Crippen molar-refractivity contribution in [3.8, 4) is 11.3 Å². The number of carbonyl (C=O) groups excluding carboxylic acids is 1. The summed E-state index contributed by atoms with van der Waals surface area (Å²) >= 11 is 0. The van der Waals surface area contributed by atoms with Crippen LogP contribution in [0.3, 0.4) is 0 Å². The van der Waals surface area contributed by atoms with Gasteiger partial charge < -0.3 is 19.5 Å². The largest absolute Gasteiger partial charge is 0.392 e. The smallest absolute Gasteiger partial charge is 0.277 e. The summed E-state index contributed by atoms with van der Waals surface area (Å²) in [5.74, 6) is -0.931. The number of anilines is 1. The number of aliphatic hydroxyl groups excluding tert-OH is 1. The minimum atomic E-state index is -0.462. The molecule has 1 aliphatic rings. The van der Waals surface area contributed by atoms with Crippen molar-refractivity contribution in [2.75, 3.05) is 31.1 Å². The van der Waals surface area contributed by atoms with Crippen molar-refractivity contribution in [3.63, 3.8) is 0 Å². The van der Waals surface area contributed by atoms with Crippen molar-refractivity contribution in [3.05, 3.63) is 88.5 Å². The second kappa shape index (κ2) is 9.30. The van der Waals surface area contributed by atoms with Crippen molar-refractivity contribution in [2.24, 2.45) is 0 Å². The lowest BCUT2D eigenvalue weighted by Gasteiger charge is -2.36. The molecule has 180 valence electrons. The van der Waals surface area contributed by atoms with Gasteiger partial charge in [-0.2, -0.15) is 5.10 Å². The molecule has 5 rings (SSSR count). The Labute approximate surface area is 199 Å². The van der Waals surface area contributed by atoms with Crippen molar-refractivity contribution in [2.45, 2.75) is 13.2 Å². The first-order valence-electron chi connectivity index (χ1n) is 11.2. The van der Waals surface area contributed by atoms with Crippen LogP contribution < -0.4 is 10.5 Å². The minimum Gasteiger partial charge on any atom is -0.392 e. The molecule has 1 aliphatic heterocycles. The molecule has 0 saturated carbocycles. The van der Waals surface area contributed by atoms with Crippen LogP contribution in [0.15, 0.2) is 65.7 Å². The van der Waals surface area contributed by atoms with E-state index in [9.17, 15) is 23.5 Å². The molecule has 0 atom stereocenters. The zero-order valence-electron chi connectivity index (χ0n) is 18.8. The van der Waals surface area contributed by atoms with Gasteiger partial charge >= 0.3 is 0 Å². The number of hydrogen-bond acceptors (Lipinski definition) is 5. The molecule has 0 aliphatic carbocycles. The Morgan fingerprint density at radius 3 is 2.37 bits per heavy atom. The van der Waals surface area contributed by atoms with E-state index in [4.69, 9.17) is 0 Å². The van der Waals surface area contributed by atoms with Crippen LogP contribution in [-0.2, 0) is 17.9 Å². The molecule has 1 fully saturated rings. The van der Waals surface area contributed by atoms with Gasteiger partial charge in [-0.3, -0.25) is 9.59 Å². The number of aliphatic hydroxyl groups is 1. The summed E-state index contributed by atoms with van der Waals surface area (Å²) in [6.07, 6.45) is 3.03. The fourth-order valence-electron chi connectivity index (χ4n) is 4.42. The minimum absolute atomic E-state index is 0.159. The van der Waals surface area contributed by atoms with Gasteiger partial charge in [0.2, 0.25) is 5.91 Å². The van der Waals surface area contributed by atoms with E-state index in [1.54, 1.807) is 29.3 Å². The van der Waals surface area contributed by atoms with E-state index in [0.717, 1.165) is 0 Å². The third-order valence-electron chi connectivity index (χ3n) is 6.27. The molecule has 1 saturated heterocycles. The van der Waals surface area contributed by atoms with Crippen molar-refractivity contribution >= 4 is 17.1 Å². The number of aromatic nitrogens is 3. The van der Waals surface area contributed by atoms with Crippen molar-refractivity contribution in [1.29, 1.82) is 0 Å². The van der Waals surface area contributed by atoms with Gasteiger partial charge in [-0.05, 0) is 36.4 Å². The van der Waals surface area contributed by atoms with Crippen LogP contribution in [-0.4, -0.2) is 56.3 Å². The Morgan fingerprint density at radius 2 is 1.69 bits per heavy atom. The van der Waals surface area contributed by atoms with Gasteiger partial charge in [-0.15, -0.1) is 0 Å². The van der Waals surface area contributed by atoms with E-state index in [1.807, 2.05) is 4.90 Å². The first kappa shape index (κ1) is 22.7. The fraction of sp³-hybridized carbons (Fsp3) is 0.240. The van der Waals surface area contributed by atoms with Gasteiger partial charge in [-0.25, -0.2) is 13.3 Å². The number of piperazine rings is 1. The lowest BCUT2D eigenvalue weighted by atomic mass is 10.1. The second-order valence-corrected chi connectivity index (χ2v) is 8.34. The molecule has 2 aromatic carbocycles. The SMILES string of the molecule is O=C(Cn1ccn2nc(-c3ccc(F)cc3)c(CO)c2c1=O)N1CCN(c2ccccc2F)CC1. The van der Waals surface area contributed by atoms with Crippen LogP contribution in [0.25, 0.3) is 16.8 Å². The average Bonchev–Trinajstić information content (AvgIpc) is 3.26. The highest BCUT2D eigenvalue weighted by Gasteiger charge is 2.24. The van der Waals surface area contributed by atoms with Crippen molar-refractivity contribution < 1.29 is 18.7 Å². The third-order valence-corrected chi connectivity index (χ3v) is 6.27. The number of amides is 1. The highest BCUT2D eigenvalue weighted by molar-refractivity contribution is 5.77. The summed E-state index contributed by atoms with van der Waals surface area (Å²) in [4.78, 5) is 29.7. The second-order valence-electron chi connectivity index (χ2n) is 8.34. The zero-order chi connectivity index (χ0) is 24.5. The molecule has 1 N–H and O–H groups in total. The van der Waals surface area contributed by atoms with Gasteiger partial charge in [0.25, 0.3) is 5.56 Å². The Kier molecular flexibility index (Phi) is 6.04. The molecule has 3 heterocycles. The topological polar surface area (TPSA) is 83.1 Å². The van der Waals surface area contributed by atoms with Gasteiger partial charge in [0, 0.05) is 49.7 Å². The van der Waals surface area contributed by atoms with Crippen LogP contribution in [0.4, 0.5) is 14.5 Å². The Morgan fingerprint density at radius 1 is 0.971 bits per heavy atom. The maximum atomic E-state index is 14.1. The number of benzene rings is 2. The third kappa shape index (κ3) is 4.28. The molecule has 0 radical (unpaired) electrons. The first-order chi connectivity index (χ1) is 17.0. The van der Waals surface area contributed by atoms with Crippen LogP contribution in [0.1, 0.15) is 5.56 Å². The number of para-hydroxylation sites is 1. The maximum absolute atomic E-state index is 14.1. The highest BCUT2D eigenvalue weighted by Crippen LogP contribution is 2.25. The van der Waals surface area contributed by atoms with E-state index in [1.165, 1.54) is 45.6 Å². The molecule has 2 aromatic heterocycles. The zero-order valence-corrected chi connectivity index (χ0v) is 18.8. The van der Waals surface area contributed by atoms with E-state index < -0.39 is 18.0 Å². The highest BCUT2D eigenvalue weighted by atomic mass is 19.1. The fourth-order valence-corrected chi connectivity index (χ4v) is 4.42. The normalized spacial score (nSPS) is 14.0. The summed E-state index contributed by atoms with van der Waals surface area (Å²) < 4.78 is 30.1. The number of carbonyl (C=O) groups is 1. The van der Waals surface area contributed by atoms with Crippen molar-refractivity contribution in [1.82, 2.24) is 19.1 Å². The Balaban J connectivity index is 1.35. The number of halogens is 2. The summed E-state index contributed by atoms with van der Waals surface area (Å²) in [6.45, 7) is 1.18. The molecule has 1 amide bonds. The predicted molar refractivity (Wildman–Crippen MR) is 126 cm³/mol. The van der Waals surface area contributed by atoms with Gasteiger partial charge in [0.1, 0.15) is 23.7 Å². The van der Waals surface area contributed by atoms with Gasteiger partial charge in [0.15, 0.2) is 0 Å². The molecular weight excluding hydrogens is 456 g/mol. The average molecular weight is 479 g/mol. The number of rotatable bonds is 5. The molecule has 8 nitrogen and oxygen atoms in total. The molecule has 4 aromatic rings. The lowest BCUT2D eigenvalue weighted by molar-refractivity contribution is -0.132. The monoisotopic (exact) mass is 479 g/mol. The number of nitrogens with zero attached hydrogens (tertiary/aromatic N) is 5.